The van der Waals surface area contributed by atoms with Gasteiger partial charge >= 0.3 is 0 Å². The summed E-state index contributed by atoms with van der Waals surface area (Å²) >= 11 is 0. The van der Waals surface area contributed by atoms with Crippen LogP contribution in [0.4, 0.5) is 5.82 Å². The number of nitrogens with two attached hydrogens (primary N) is 1. The molecule has 4 heterocycles. The number of aromatic nitrogens is 4. The third-order valence-electron chi connectivity index (χ3n) is 6.28. The van der Waals surface area contributed by atoms with Crippen molar-refractivity contribution in [3.8, 4) is 0 Å². The summed E-state index contributed by atoms with van der Waals surface area (Å²) in [5.74, 6) is -0.717. The summed E-state index contributed by atoms with van der Waals surface area (Å²) in [4.78, 5) is 25.6. The molecule has 0 aliphatic carbocycles. The fraction of sp³-hybridized carbons (Fsp3) is 0.739. The standard InChI is InChI=1S/C23H36N6O4/c1-4-5-6-7-8-9-10-11-12-25-21(30)17-16-18(33-23(2,3)32-16)22(31-17)29-14-28-15-19(24)26-13-27-20(15)29/h13-14,16-18,22H,4-12H2,1-3H3,(H,25,30)(H2,24,26,27)/t16-,17+,18-,22-/m1/s1. The Morgan fingerprint density at radius 3 is 2.52 bits per heavy atom. The SMILES string of the molecule is CCCCCCCCCCNC(=O)[C@H]1O[C@@H](n2cnc3c(N)ncnc32)[C@@H]2OC(C)(C)O[C@@H]21. The van der Waals surface area contributed by atoms with Crippen LogP contribution in [0.5, 0.6) is 0 Å². The predicted octanol–water partition coefficient (Wildman–Crippen LogP) is 3.08. The number of fused-ring (bicyclic) bond motifs is 2. The summed E-state index contributed by atoms with van der Waals surface area (Å²) in [6, 6.07) is 0. The van der Waals surface area contributed by atoms with E-state index in [4.69, 9.17) is 19.9 Å². The minimum Gasteiger partial charge on any atom is -0.382 e. The highest BCUT2D eigenvalue weighted by Crippen LogP contribution is 2.43. The maximum absolute atomic E-state index is 13.0. The number of carbonyl (C=O) groups excluding carboxylic acids is 1. The minimum atomic E-state index is -0.821. The third-order valence-corrected chi connectivity index (χ3v) is 6.28. The molecule has 2 aromatic rings. The van der Waals surface area contributed by atoms with Gasteiger partial charge in [-0.25, -0.2) is 15.0 Å². The quantitative estimate of drug-likeness (QED) is 0.490. The first kappa shape index (κ1) is 23.8. The smallest absolute Gasteiger partial charge is 0.252 e. The van der Waals surface area contributed by atoms with Crippen molar-refractivity contribution in [3.05, 3.63) is 12.7 Å². The Hall–Kier alpha value is -2.30. The molecule has 10 nitrogen and oxygen atoms in total. The summed E-state index contributed by atoms with van der Waals surface area (Å²) in [6.45, 7) is 6.53. The van der Waals surface area contributed by atoms with Crippen LogP contribution in [0.15, 0.2) is 12.7 Å². The molecule has 0 spiro atoms. The van der Waals surface area contributed by atoms with Gasteiger partial charge in [-0.15, -0.1) is 0 Å². The van der Waals surface area contributed by atoms with E-state index in [-0.39, 0.29) is 11.7 Å². The molecule has 0 saturated carbocycles. The molecule has 182 valence electrons. The van der Waals surface area contributed by atoms with Gasteiger partial charge in [0.1, 0.15) is 24.1 Å². The molecule has 2 saturated heterocycles. The second kappa shape index (κ2) is 10.3. The van der Waals surface area contributed by atoms with Crippen molar-refractivity contribution in [1.29, 1.82) is 0 Å². The van der Waals surface area contributed by atoms with Gasteiger partial charge in [0.25, 0.3) is 5.91 Å². The number of nitrogen functional groups attached to an aromatic ring is 1. The molecule has 0 radical (unpaired) electrons. The average molecular weight is 461 g/mol. The van der Waals surface area contributed by atoms with Crippen LogP contribution in [-0.4, -0.2) is 56.1 Å². The van der Waals surface area contributed by atoms with Crippen LogP contribution < -0.4 is 11.1 Å². The maximum atomic E-state index is 13.0. The van der Waals surface area contributed by atoms with E-state index in [1.807, 2.05) is 13.8 Å². The molecule has 0 bridgehead atoms. The highest BCUT2D eigenvalue weighted by atomic mass is 16.8. The van der Waals surface area contributed by atoms with Gasteiger partial charge in [-0.1, -0.05) is 51.9 Å². The number of ether oxygens (including phenoxy) is 3. The van der Waals surface area contributed by atoms with Gasteiger partial charge in [-0.3, -0.25) is 9.36 Å². The number of nitrogens with one attached hydrogen (secondary N) is 1. The van der Waals surface area contributed by atoms with E-state index in [9.17, 15) is 4.79 Å². The van der Waals surface area contributed by atoms with Crippen LogP contribution >= 0.6 is 0 Å². The van der Waals surface area contributed by atoms with Crippen LogP contribution in [0.2, 0.25) is 0 Å². The molecule has 2 fully saturated rings. The van der Waals surface area contributed by atoms with Crippen molar-refractivity contribution < 1.29 is 19.0 Å². The molecule has 2 aliphatic rings. The molecular weight excluding hydrogens is 424 g/mol. The van der Waals surface area contributed by atoms with Gasteiger partial charge in [0.2, 0.25) is 0 Å². The van der Waals surface area contributed by atoms with Crippen LogP contribution in [0, 0.1) is 0 Å². The van der Waals surface area contributed by atoms with Crippen molar-refractivity contribution >= 4 is 22.9 Å². The Balaban J connectivity index is 1.35. The van der Waals surface area contributed by atoms with Gasteiger partial charge < -0.3 is 25.3 Å². The van der Waals surface area contributed by atoms with Crippen LogP contribution in [0.1, 0.15) is 78.4 Å². The van der Waals surface area contributed by atoms with E-state index in [2.05, 4.69) is 27.2 Å². The number of hydrogen-bond donors (Lipinski definition) is 2. The zero-order valence-corrected chi connectivity index (χ0v) is 19.8. The Kier molecular flexibility index (Phi) is 7.45. The number of rotatable bonds is 11. The highest BCUT2D eigenvalue weighted by molar-refractivity contribution is 5.83. The minimum absolute atomic E-state index is 0.185. The zero-order chi connectivity index (χ0) is 23.4. The molecule has 0 aromatic carbocycles. The summed E-state index contributed by atoms with van der Waals surface area (Å²) in [7, 11) is 0. The van der Waals surface area contributed by atoms with Crippen LogP contribution in [-0.2, 0) is 19.0 Å². The molecule has 2 aromatic heterocycles. The maximum Gasteiger partial charge on any atom is 0.252 e. The Bertz CT molecular complexity index is 948. The van der Waals surface area contributed by atoms with Crippen molar-refractivity contribution in [3.63, 3.8) is 0 Å². The number of unbranched alkanes of at least 4 members (excludes halogenated alkanes) is 7. The topological polar surface area (TPSA) is 126 Å². The van der Waals surface area contributed by atoms with E-state index >= 15 is 0 Å². The number of amides is 1. The van der Waals surface area contributed by atoms with E-state index in [0.717, 1.165) is 12.8 Å². The molecule has 4 atom stereocenters. The van der Waals surface area contributed by atoms with Crippen LogP contribution in [0.25, 0.3) is 11.2 Å². The van der Waals surface area contributed by atoms with Crippen molar-refractivity contribution in [1.82, 2.24) is 24.8 Å². The average Bonchev–Trinajstić information content (AvgIpc) is 3.43. The molecule has 1 amide bonds. The monoisotopic (exact) mass is 460 g/mol. The van der Waals surface area contributed by atoms with Crippen molar-refractivity contribution in [2.75, 3.05) is 12.3 Å². The Morgan fingerprint density at radius 2 is 1.76 bits per heavy atom. The molecule has 4 rings (SSSR count). The number of anilines is 1. The first-order chi connectivity index (χ1) is 15.9. The largest absolute Gasteiger partial charge is 0.382 e. The number of nitrogens with zero attached hydrogens (tertiary/aromatic N) is 4. The van der Waals surface area contributed by atoms with E-state index in [1.165, 1.54) is 44.9 Å². The lowest BCUT2D eigenvalue weighted by Gasteiger charge is -2.24. The normalized spacial score (nSPS) is 26.0. The van der Waals surface area contributed by atoms with Gasteiger partial charge in [0.05, 0.1) is 6.33 Å². The summed E-state index contributed by atoms with van der Waals surface area (Å²) in [5, 5.41) is 3.02. The molecule has 10 heteroatoms. The van der Waals surface area contributed by atoms with E-state index < -0.39 is 30.3 Å². The fourth-order valence-corrected chi connectivity index (χ4v) is 4.64. The molecular formula is C23H36N6O4. The summed E-state index contributed by atoms with van der Waals surface area (Å²) < 4.78 is 20.1. The van der Waals surface area contributed by atoms with Gasteiger partial charge in [-0.2, -0.15) is 0 Å². The summed E-state index contributed by atoms with van der Waals surface area (Å²) in [6.07, 6.45) is 10.3. The zero-order valence-electron chi connectivity index (χ0n) is 19.8. The lowest BCUT2D eigenvalue weighted by Crippen LogP contribution is -2.43. The second-order valence-corrected chi connectivity index (χ2v) is 9.36. The Morgan fingerprint density at radius 1 is 1.06 bits per heavy atom. The first-order valence-corrected chi connectivity index (χ1v) is 12.1. The molecule has 0 unspecified atom stereocenters. The van der Waals surface area contributed by atoms with Gasteiger partial charge in [0.15, 0.2) is 29.6 Å². The molecule has 3 N–H and O–H groups in total. The van der Waals surface area contributed by atoms with Gasteiger partial charge in [-0.05, 0) is 20.3 Å². The molecule has 2 aliphatic heterocycles. The molecule has 33 heavy (non-hydrogen) atoms. The second-order valence-electron chi connectivity index (χ2n) is 9.36. The van der Waals surface area contributed by atoms with E-state index in [1.54, 1.807) is 10.9 Å². The lowest BCUT2D eigenvalue weighted by molar-refractivity contribution is -0.197. The van der Waals surface area contributed by atoms with Crippen LogP contribution in [0.3, 0.4) is 0 Å². The fourth-order valence-electron chi connectivity index (χ4n) is 4.64. The third kappa shape index (κ3) is 5.28. The Labute approximate surface area is 194 Å². The number of imidazole rings is 1. The highest BCUT2D eigenvalue weighted by Gasteiger charge is 2.58. The van der Waals surface area contributed by atoms with E-state index in [0.29, 0.717) is 17.7 Å². The van der Waals surface area contributed by atoms with Crippen molar-refractivity contribution in [2.45, 2.75) is 102 Å². The van der Waals surface area contributed by atoms with Crippen molar-refractivity contribution in [2.24, 2.45) is 0 Å². The number of carbonyl (C=O) groups is 1. The summed E-state index contributed by atoms with van der Waals surface area (Å²) in [5.41, 5.74) is 6.94. The number of hydrogen-bond acceptors (Lipinski definition) is 8. The predicted molar refractivity (Wildman–Crippen MR) is 123 cm³/mol. The first-order valence-electron chi connectivity index (χ1n) is 12.1. The lowest BCUT2D eigenvalue weighted by atomic mass is 10.1. The van der Waals surface area contributed by atoms with Gasteiger partial charge in [0, 0.05) is 6.54 Å².